The highest BCUT2D eigenvalue weighted by Gasteiger charge is 2.42. The number of carbonyl (C=O) groups is 2. The van der Waals surface area contributed by atoms with Gasteiger partial charge in [-0.1, -0.05) is 0 Å². The van der Waals surface area contributed by atoms with Crippen LogP contribution in [0.15, 0.2) is 0 Å². The van der Waals surface area contributed by atoms with E-state index in [1.165, 1.54) is 0 Å². The zero-order chi connectivity index (χ0) is 26.7. The largest absolute Gasteiger partial charge is 0.394 e. The molecule has 0 fully saturated rings. The number of ether oxygens (including phenoxy) is 8. The summed E-state index contributed by atoms with van der Waals surface area (Å²) in [5, 5.41) is 18.7. The summed E-state index contributed by atoms with van der Waals surface area (Å²) in [6, 6.07) is 0. The Kier molecular flexibility index (Phi) is 25.8. The van der Waals surface area contributed by atoms with Crippen LogP contribution in [0.4, 0.5) is 0 Å². The molecule has 214 valence electrons. The SMILES string of the molecule is O=C(CCl)C(O)(COCCOCCOCCOCCOCCOCCOCCOCCO)C(=O)CCl. The number of halogens is 2. The number of Topliss-reactive ketones (excluding diaryl/α,β-unsaturated/α-hetero) is 2. The molecule has 14 heteroatoms. The third-order valence-electron chi connectivity index (χ3n) is 4.32. The summed E-state index contributed by atoms with van der Waals surface area (Å²) < 4.78 is 42.3. The molecule has 0 rings (SSSR count). The Morgan fingerprint density at radius 2 is 0.750 bits per heavy atom. The van der Waals surface area contributed by atoms with E-state index in [0.29, 0.717) is 85.9 Å². The highest BCUT2D eigenvalue weighted by atomic mass is 35.5. The fourth-order valence-corrected chi connectivity index (χ4v) is 2.80. The van der Waals surface area contributed by atoms with E-state index in [0.717, 1.165) is 0 Å². The van der Waals surface area contributed by atoms with Gasteiger partial charge in [0.25, 0.3) is 0 Å². The molecular weight excluding hydrogens is 527 g/mol. The monoisotopic (exact) mass is 566 g/mol. The second-order valence-electron chi connectivity index (χ2n) is 7.04. The Morgan fingerprint density at radius 3 is 1.00 bits per heavy atom. The maximum absolute atomic E-state index is 11.7. The molecule has 12 nitrogen and oxygen atoms in total. The Balaban J connectivity index is 3.33. The molecular formula is C22H40Cl2O12. The molecule has 0 radical (unpaired) electrons. The van der Waals surface area contributed by atoms with E-state index in [9.17, 15) is 14.7 Å². The Hall–Kier alpha value is -0.480. The lowest BCUT2D eigenvalue weighted by atomic mass is 9.96. The van der Waals surface area contributed by atoms with Crippen LogP contribution < -0.4 is 0 Å². The van der Waals surface area contributed by atoms with Crippen molar-refractivity contribution in [1.82, 2.24) is 0 Å². The molecule has 0 unspecified atom stereocenters. The minimum absolute atomic E-state index is 0.00907. The molecule has 0 aliphatic heterocycles. The van der Waals surface area contributed by atoms with Gasteiger partial charge in [0.1, 0.15) is 0 Å². The molecule has 0 spiro atoms. The molecule has 0 saturated carbocycles. The van der Waals surface area contributed by atoms with Crippen LogP contribution in [-0.4, -0.2) is 151 Å². The van der Waals surface area contributed by atoms with Crippen molar-refractivity contribution >= 4 is 34.8 Å². The number of aliphatic hydroxyl groups excluding tert-OH is 1. The van der Waals surface area contributed by atoms with Crippen molar-refractivity contribution in [3.8, 4) is 0 Å². The summed E-state index contributed by atoms with van der Waals surface area (Å²) in [6.45, 7) is 5.25. The van der Waals surface area contributed by atoms with E-state index in [2.05, 4.69) is 0 Å². The van der Waals surface area contributed by atoms with Gasteiger partial charge >= 0.3 is 0 Å². The smallest absolute Gasteiger partial charge is 0.207 e. The first-order valence-electron chi connectivity index (χ1n) is 11.7. The summed E-state index contributed by atoms with van der Waals surface area (Å²) in [4.78, 5) is 23.3. The normalized spacial score (nSPS) is 11.8. The molecule has 0 aliphatic carbocycles. The van der Waals surface area contributed by atoms with E-state index in [-0.39, 0.29) is 19.8 Å². The van der Waals surface area contributed by atoms with Crippen LogP contribution in [0.2, 0.25) is 0 Å². The summed E-state index contributed by atoms with van der Waals surface area (Å²) in [5.74, 6) is -2.77. The quantitative estimate of drug-likeness (QED) is 0.0679. The lowest BCUT2D eigenvalue weighted by Crippen LogP contribution is -2.52. The van der Waals surface area contributed by atoms with Gasteiger partial charge in [-0.3, -0.25) is 9.59 Å². The van der Waals surface area contributed by atoms with Crippen LogP contribution in [-0.2, 0) is 47.5 Å². The first-order chi connectivity index (χ1) is 17.5. The molecule has 2 N–H and O–H groups in total. The molecule has 0 aliphatic rings. The van der Waals surface area contributed by atoms with Gasteiger partial charge in [-0.15, -0.1) is 23.2 Å². The number of hydrogen-bond donors (Lipinski definition) is 2. The second kappa shape index (κ2) is 26.1. The van der Waals surface area contributed by atoms with Gasteiger partial charge in [0, 0.05) is 0 Å². The van der Waals surface area contributed by atoms with E-state index >= 15 is 0 Å². The molecule has 0 heterocycles. The number of hydrogen-bond acceptors (Lipinski definition) is 12. The van der Waals surface area contributed by atoms with Crippen molar-refractivity contribution in [2.75, 3.05) is 124 Å². The third-order valence-corrected chi connectivity index (χ3v) is 4.80. The van der Waals surface area contributed by atoms with Crippen molar-refractivity contribution in [3.63, 3.8) is 0 Å². The van der Waals surface area contributed by atoms with Crippen molar-refractivity contribution in [1.29, 1.82) is 0 Å². The summed E-state index contributed by atoms with van der Waals surface area (Å²) >= 11 is 10.8. The Labute approximate surface area is 222 Å². The molecule has 0 amide bonds. The van der Waals surface area contributed by atoms with Gasteiger partial charge in [-0.25, -0.2) is 0 Å². The standard InChI is InChI=1S/C22H40Cl2O12/c23-17-20(26)22(28,21(27)18-24)19-36-16-15-35-14-13-34-12-11-33-10-9-32-8-7-31-6-5-30-4-3-29-2-1-25/h25,28H,1-19H2. The lowest BCUT2D eigenvalue weighted by molar-refractivity contribution is -0.155. The molecule has 0 saturated heterocycles. The number of aliphatic hydroxyl groups is 2. The molecule has 0 aromatic heterocycles. The van der Waals surface area contributed by atoms with E-state index in [4.69, 9.17) is 66.2 Å². The van der Waals surface area contributed by atoms with Gasteiger partial charge < -0.3 is 48.1 Å². The van der Waals surface area contributed by atoms with Crippen LogP contribution in [0.5, 0.6) is 0 Å². The fraction of sp³-hybridized carbons (Fsp3) is 0.909. The predicted octanol–water partition coefficient (Wildman–Crippen LogP) is -0.542. The van der Waals surface area contributed by atoms with Crippen molar-refractivity contribution < 1.29 is 57.7 Å². The van der Waals surface area contributed by atoms with Gasteiger partial charge in [-0.05, 0) is 0 Å². The number of carbonyl (C=O) groups excluding carboxylic acids is 2. The van der Waals surface area contributed by atoms with E-state index < -0.39 is 35.5 Å². The van der Waals surface area contributed by atoms with Crippen molar-refractivity contribution in [3.05, 3.63) is 0 Å². The van der Waals surface area contributed by atoms with Crippen LogP contribution >= 0.6 is 23.2 Å². The van der Waals surface area contributed by atoms with E-state index in [1.54, 1.807) is 0 Å². The summed E-state index contributed by atoms with van der Waals surface area (Å²) in [6.07, 6.45) is 0. The Bertz CT molecular complexity index is 511. The highest BCUT2D eigenvalue weighted by Crippen LogP contribution is 2.12. The summed E-state index contributed by atoms with van der Waals surface area (Å²) in [7, 11) is 0. The zero-order valence-electron chi connectivity index (χ0n) is 20.7. The van der Waals surface area contributed by atoms with Gasteiger partial charge in [-0.2, -0.15) is 0 Å². The first-order valence-corrected chi connectivity index (χ1v) is 12.7. The van der Waals surface area contributed by atoms with Gasteiger partial charge in [0.15, 0.2) is 11.6 Å². The Morgan fingerprint density at radius 1 is 0.500 bits per heavy atom. The topological polar surface area (TPSA) is 148 Å². The van der Waals surface area contributed by atoms with E-state index in [1.807, 2.05) is 0 Å². The fourth-order valence-electron chi connectivity index (χ4n) is 2.36. The maximum Gasteiger partial charge on any atom is 0.207 e. The molecule has 0 aromatic carbocycles. The predicted molar refractivity (Wildman–Crippen MR) is 130 cm³/mol. The van der Waals surface area contributed by atoms with Crippen LogP contribution in [0.3, 0.4) is 0 Å². The minimum Gasteiger partial charge on any atom is -0.394 e. The van der Waals surface area contributed by atoms with Gasteiger partial charge in [0.2, 0.25) is 5.60 Å². The molecule has 0 bridgehead atoms. The van der Waals surface area contributed by atoms with Crippen LogP contribution in [0.25, 0.3) is 0 Å². The zero-order valence-corrected chi connectivity index (χ0v) is 22.2. The van der Waals surface area contributed by atoms with Crippen molar-refractivity contribution in [2.24, 2.45) is 0 Å². The molecule has 0 aromatic rings. The maximum atomic E-state index is 11.7. The van der Waals surface area contributed by atoms with Crippen molar-refractivity contribution in [2.45, 2.75) is 5.60 Å². The van der Waals surface area contributed by atoms with Crippen LogP contribution in [0.1, 0.15) is 0 Å². The second-order valence-corrected chi connectivity index (χ2v) is 7.57. The number of ketones is 2. The number of alkyl halides is 2. The first kappa shape index (κ1) is 35.5. The third kappa shape index (κ3) is 19.6. The number of rotatable bonds is 29. The minimum atomic E-state index is -2.33. The van der Waals surface area contributed by atoms with Crippen LogP contribution in [0, 0.1) is 0 Å². The average Bonchev–Trinajstić information content (AvgIpc) is 2.89. The highest BCUT2D eigenvalue weighted by molar-refractivity contribution is 6.36. The molecule has 0 atom stereocenters. The average molecular weight is 567 g/mol. The lowest BCUT2D eigenvalue weighted by Gasteiger charge is -2.23. The summed E-state index contributed by atoms with van der Waals surface area (Å²) in [5.41, 5.74) is -2.33. The van der Waals surface area contributed by atoms with Gasteiger partial charge in [0.05, 0.1) is 124 Å². The molecule has 36 heavy (non-hydrogen) atoms.